The Hall–Kier alpha value is -1.84. The van der Waals surface area contributed by atoms with Gasteiger partial charge in [0, 0.05) is 6.04 Å². The Bertz CT molecular complexity index is 493. The molecule has 2 heterocycles. The number of amidine groups is 1. The van der Waals surface area contributed by atoms with Crippen LogP contribution in [0.5, 0.6) is 0 Å². The van der Waals surface area contributed by atoms with Crippen LogP contribution in [0.4, 0.5) is 0 Å². The topological polar surface area (TPSA) is 53.1 Å². The fourth-order valence-corrected chi connectivity index (χ4v) is 1.76. The van der Waals surface area contributed by atoms with Gasteiger partial charge < -0.3 is 10.3 Å². The molecule has 15 heavy (non-hydrogen) atoms. The Labute approximate surface area is 87.4 Å². The van der Waals surface area contributed by atoms with Crippen LogP contribution in [0.1, 0.15) is 12.7 Å². The molecule has 1 aliphatic rings. The second-order valence-electron chi connectivity index (χ2n) is 3.84. The van der Waals surface area contributed by atoms with Crippen molar-refractivity contribution >= 4 is 16.9 Å². The molecule has 4 nitrogen and oxygen atoms in total. The lowest BCUT2D eigenvalue weighted by Gasteiger charge is -2.01. The Balaban J connectivity index is 2.05. The van der Waals surface area contributed by atoms with Crippen LogP contribution in [0.3, 0.4) is 0 Å². The van der Waals surface area contributed by atoms with Gasteiger partial charge in [0.25, 0.3) is 0 Å². The number of nitrogens with one attached hydrogen (secondary N) is 2. The third-order valence-corrected chi connectivity index (χ3v) is 2.52. The van der Waals surface area contributed by atoms with E-state index in [1.54, 1.807) is 0 Å². The van der Waals surface area contributed by atoms with Crippen LogP contribution in [-0.4, -0.2) is 28.4 Å². The van der Waals surface area contributed by atoms with Crippen molar-refractivity contribution in [2.75, 3.05) is 6.54 Å². The van der Waals surface area contributed by atoms with E-state index < -0.39 is 0 Å². The van der Waals surface area contributed by atoms with Crippen molar-refractivity contribution in [1.82, 2.24) is 15.3 Å². The summed E-state index contributed by atoms with van der Waals surface area (Å²) in [6.45, 7) is 2.94. The van der Waals surface area contributed by atoms with Crippen molar-refractivity contribution in [1.29, 1.82) is 0 Å². The molecule has 0 aliphatic carbocycles. The van der Waals surface area contributed by atoms with E-state index in [1.165, 1.54) is 0 Å². The Morgan fingerprint density at radius 2 is 2.20 bits per heavy atom. The predicted molar refractivity (Wildman–Crippen MR) is 60.1 cm³/mol. The average molecular weight is 200 g/mol. The van der Waals surface area contributed by atoms with Crippen LogP contribution in [-0.2, 0) is 0 Å². The Morgan fingerprint density at radius 3 is 2.93 bits per heavy atom. The summed E-state index contributed by atoms with van der Waals surface area (Å²) in [7, 11) is 0. The molecule has 2 aromatic rings. The first-order valence-corrected chi connectivity index (χ1v) is 5.09. The van der Waals surface area contributed by atoms with Crippen LogP contribution in [0.25, 0.3) is 11.0 Å². The lowest BCUT2D eigenvalue weighted by molar-refractivity contribution is 0.725. The zero-order valence-electron chi connectivity index (χ0n) is 8.49. The summed E-state index contributed by atoms with van der Waals surface area (Å²) in [5.74, 6) is 1.71. The summed E-state index contributed by atoms with van der Waals surface area (Å²) in [6.07, 6.45) is 0. The van der Waals surface area contributed by atoms with E-state index >= 15 is 0 Å². The fraction of sp³-hybridized carbons (Fsp3) is 0.273. The lowest BCUT2D eigenvalue weighted by atomic mass is 10.3. The molecular weight excluding hydrogens is 188 g/mol. The molecular formula is C11H12N4. The maximum atomic E-state index is 4.48. The first kappa shape index (κ1) is 8.47. The summed E-state index contributed by atoms with van der Waals surface area (Å²) in [5, 5.41) is 3.29. The number of rotatable bonds is 1. The molecule has 76 valence electrons. The highest BCUT2D eigenvalue weighted by Crippen LogP contribution is 2.11. The molecule has 2 N–H and O–H groups in total. The normalized spacial score (nSPS) is 20.3. The van der Waals surface area contributed by atoms with Gasteiger partial charge in [0.05, 0.1) is 17.6 Å². The standard InChI is InChI=1S/C11H12N4/c1-7-6-12-10(13-7)11-14-8-4-2-3-5-9(8)15-11/h2-5,7H,6H2,1H3,(H,12,13)(H,14,15)/t7-/m1/s1. The van der Waals surface area contributed by atoms with Crippen molar-refractivity contribution < 1.29 is 0 Å². The minimum atomic E-state index is 0.410. The summed E-state index contributed by atoms with van der Waals surface area (Å²) in [4.78, 5) is 12.1. The zero-order valence-corrected chi connectivity index (χ0v) is 8.49. The molecule has 0 radical (unpaired) electrons. The first-order valence-electron chi connectivity index (χ1n) is 5.09. The van der Waals surface area contributed by atoms with Crippen LogP contribution < -0.4 is 5.32 Å². The monoisotopic (exact) mass is 200 g/mol. The number of nitrogens with zero attached hydrogens (tertiary/aromatic N) is 2. The molecule has 0 unspecified atom stereocenters. The summed E-state index contributed by atoms with van der Waals surface area (Å²) < 4.78 is 0. The van der Waals surface area contributed by atoms with Crippen molar-refractivity contribution in [3.05, 3.63) is 30.1 Å². The molecule has 1 aliphatic heterocycles. The van der Waals surface area contributed by atoms with Gasteiger partial charge in [0.15, 0.2) is 11.7 Å². The molecule has 0 saturated heterocycles. The third kappa shape index (κ3) is 1.38. The van der Waals surface area contributed by atoms with Gasteiger partial charge in [0.2, 0.25) is 0 Å². The molecule has 1 aromatic heterocycles. The van der Waals surface area contributed by atoms with Crippen molar-refractivity contribution in [2.45, 2.75) is 13.0 Å². The molecule has 0 spiro atoms. The van der Waals surface area contributed by atoms with Gasteiger partial charge in [-0.3, -0.25) is 4.99 Å². The number of aromatic nitrogens is 2. The van der Waals surface area contributed by atoms with E-state index in [2.05, 4.69) is 27.2 Å². The summed E-state index contributed by atoms with van der Waals surface area (Å²) >= 11 is 0. The summed E-state index contributed by atoms with van der Waals surface area (Å²) in [5.41, 5.74) is 2.04. The number of imidazole rings is 1. The smallest absolute Gasteiger partial charge is 0.173 e. The molecule has 3 rings (SSSR count). The molecule has 0 fully saturated rings. The van der Waals surface area contributed by atoms with Crippen molar-refractivity contribution in [2.24, 2.45) is 4.99 Å². The first-order chi connectivity index (χ1) is 7.33. The van der Waals surface area contributed by atoms with E-state index in [0.717, 1.165) is 29.2 Å². The molecule has 4 heteroatoms. The number of fused-ring (bicyclic) bond motifs is 1. The molecule has 0 saturated carbocycles. The highest BCUT2D eigenvalue weighted by atomic mass is 15.1. The number of para-hydroxylation sites is 2. The Morgan fingerprint density at radius 1 is 1.33 bits per heavy atom. The molecule has 0 bridgehead atoms. The second-order valence-corrected chi connectivity index (χ2v) is 3.84. The van der Waals surface area contributed by atoms with Crippen LogP contribution in [0.2, 0.25) is 0 Å². The molecule has 1 aromatic carbocycles. The minimum absolute atomic E-state index is 0.410. The SMILES string of the molecule is C[C@@H]1CN=C(c2nc3ccccc3[nH]2)N1. The number of aliphatic imine (C=N–C) groups is 1. The third-order valence-electron chi connectivity index (χ3n) is 2.52. The van der Waals surface area contributed by atoms with Gasteiger partial charge in [0.1, 0.15) is 0 Å². The highest BCUT2D eigenvalue weighted by molar-refractivity contribution is 5.99. The molecule has 0 amide bonds. The minimum Gasteiger partial charge on any atom is -0.363 e. The maximum Gasteiger partial charge on any atom is 0.173 e. The van der Waals surface area contributed by atoms with Gasteiger partial charge in [-0.1, -0.05) is 12.1 Å². The van der Waals surface area contributed by atoms with Crippen LogP contribution >= 0.6 is 0 Å². The predicted octanol–water partition coefficient (Wildman–Crippen LogP) is 1.30. The van der Waals surface area contributed by atoms with Gasteiger partial charge >= 0.3 is 0 Å². The summed E-state index contributed by atoms with van der Waals surface area (Å²) in [6, 6.07) is 8.41. The van der Waals surface area contributed by atoms with E-state index in [4.69, 9.17) is 0 Å². The number of hydrogen-bond donors (Lipinski definition) is 2. The van der Waals surface area contributed by atoms with E-state index in [0.29, 0.717) is 6.04 Å². The van der Waals surface area contributed by atoms with E-state index in [-0.39, 0.29) is 0 Å². The number of H-pyrrole nitrogens is 1. The lowest BCUT2D eigenvalue weighted by Crippen LogP contribution is -2.28. The van der Waals surface area contributed by atoms with Gasteiger partial charge in [-0.05, 0) is 19.1 Å². The van der Waals surface area contributed by atoms with Crippen LogP contribution in [0, 0.1) is 0 Å². The van der Waals surface area contributed by atoms with Gasteiger partial charge in [-0.25, -0.2) is 4.98 Å². The molecule has 1 atom stereocenters. The van der Waals surface area contributed by atoms with E-state index in [9.17, 15) is 0 Å². The van der Waals surface area contributed by atoms with Crippen LogP contribution in [0.15, 0.2) is 29.3 Å². The average Bonchev–Trinajstić information content (AvgIpc) is 2.82. The van der Waals surface area contributed by atoms with Crippen molar-refractivity contribution in [3.63, 3.8) is 0 Å². The quantitative estimate of drug-likeness (QED) is 0.729. The van der Waals surface area contributed by atoms with E-state index in [1.807, 2.05) is 24.3 Å². The van der Waals surface area contributed by atoms with Gasteiger partial charge in [-0.15, -0.1) is 0 Å². The Kier molecular flexibility index (Phi) is 1.74. The number of benzene rings is 1. The maximum absolute atomic E-state index is 4.48. The highest BCUT2D eigenvalue weighted by Gasteiger charge is 2.16. The van der Waals surface area contributed by atoms with Gasteiger partial charge in [-0.2, -0.15) is 0 Å². The second kappa shape index (κ2) is 3.08. The zero-order chi connectivity index (χ0) is 10.3. The largest absolute Gasteiger partial charge is 0.363 e. The fourth-order valence-electron chi connectivity index (χ4n) is 1.76. The number of aromatic amines is 1. The number of hydrogen-bond acceptors (Lipinski definition) is 3. The van der Waals surface area contributed by atoms with Crippen molar-refractivity contribution in [3.8, 4) is 0 Å².